The number of rotatable bonds is 2. The molecule has 1 aromatic rings. The molecule has 88 valence electrons. The van der Waals surface area contributed by atoms with E-state index in [1.807, 2.05) is 26.0 Å². The summed E-state index contributed by atoms with van der Waals surface area (Å²) in [5.74, 6) is -0.337. The average molecular weight is 244 g/mol. The van der Waals surface area contributed by atoms with E-state index in [2.05, 4.69) is 0 Å². The molecule has 0 aliphatic heterocycles. The van der Waals surface area contributed by atoms with Crippen LogP contribution in [0.25, 0.3) is 0 Å². The molecule has 1 rings (SSSR count). The summed E-state index contributed by atoms with van der Waals surface area (Å²) in [6.45, 7) is 4.01. The molecule has 1 aromatic carbocycles. The van der Waals surface area contributed by atoms with E-state index in [0.717, 1.165) is 17.5 Å². The summed E-state index contributed by atoms with van der Waals surface area (Å²) in [6.07, 6.45) is 0.852. The molecule has 5 nitrogen and oxygen atoms in total. The van der Waals surface area contributed by atoms with Gasteiger partial charge in [0.25, 0.3) is 0 Å². The van der Waals surface area contributed by atoms with Crippen molar-refractivity contribution in [1.29, 1.82) is 0 Å². The van der Waals surface area contributed by atoms with Crippen molar-refractivity contribution in [3.05, 3.63) is 34.9 Å². The second-order valence-corrected chi connectivity index (χ2v) is 3.58. The first-order valence-corrected chi connectivity index (χ1v) is 5.80. The average Bonchev–Trinajstić information content (AvgIpc) is 2.16. The molecule has 0 bridgehead atoms. The van der Waals surface area contributed by atoms with E-state index in [1.54, 1.807) is 6.07 Å². The number of nitrogens with two attached hydrogens (primary N) is 1. The van der Waals surface area contributed by atoms with Gasteiger partial charge in [0.15, 0.2) is 0 Å². The van der Waals surface area contributed by atoms with E-state index >= 15 is 0 Å². The van der Waals surface area contributed by atoms with Crippen LogP contribution in [0, 0.1) is 6.92 Å². The number of carbonyl (C=O) groups is 1. The zero-order valence-corrected chi connectivity index (χ0v) is 10.1. The van der Waals surface area contributed by atoms with E-state index in [-0.39, 0.29) is 5.91 Å². The van der Waals surface area contributed by atoms with Crippen LogP contribution in [0.5, 0.6) is 0 Å². The minimum atomic E-state index is -2.87. The lowest BCUT2D eigenvalue weighted by Crippen LogP contribution is -2.14. The maximum absolute atomic E-state index is 11.0. The highest BCUT2D eigenvalue weighted by Gasteiger charge is 2.07. The molecule has 0 saturated heterocycles. The van der Waals surface area contributed by atoms with E-state index in [9.17, 15) is 4.79 Å². The normalized spacial score (nSPS) is 9.00. The van der Waals surface area contributed by atoms with E-state index in [0.29, 0.717) is 5.56 Å². The van der Waals surface area contributed by atoms with Gasteiger partial charge in [0, 0.05) is 10.1 Å². The second-order valence-electron chi connectivity index (χ2n) is 3.07. The largest absolute Gasteiger partial charge is 0.692 e. The molecule has 0 aliphatic rings. The summed E-state index contributed by atoms with van der Waals surface area (Å²) in [4.78, 5) is 25.2. The van der Waals surface area contributed by atoms with Gasteiger partial charge in [-0.15, -0.1) is 9.79 Å². The highest BCUT2D eigenvalue weighted by molar-refractivity contribution is 7.30. The third-order valence-corrected chi connectivity index (χ3v) is 2.03. The fourth-order valence-corrected chi connectivity index (χ4v) is 1.40. The predicted octanol–water partition coefficient (Wildman–Crippen LogP) is 1.28. The molecular formula is C10H15NO4P+. The molecule has 6 heteroatoms. The lowest BCUT2D eigenvalue weighted by atomic mass is 9.99. The quantitative estimate of drug-likeness (QED) is 0.682. The number of hydrogen-bond donors (Lipinski definition) is 3. The number of benzene rings is 1. The van der Waals surface area contributed by atoms with Gasteiger partial charge in [-0.2, -0.15) is 0 Å². The van der Waals surface area contributed by atoms with E-state index in [1.165, 1.54) is 0 Å². The number of amides is 1. The Morgan fingerprint density at radius 2 is 1.94 bits per heavy atom. The molecule has 0 fully saturated rings. The maximum atomic E-state index is 11.0. The highest BCUT2D eigenvalue weighted by atomic mass is 31.1. The third-order valence-electron chi connectivity index (χ3n) is 2.03. The summed E-state index contributed by atoms with van der Waals surface area (Å²) in [5, 5.41) is 0. The Hall–Kier alpha value is -1.29. The van der Waals surface area contributed by atoms with Gasteiger partial charge in [-0.05, 0) is 30.5 Å². The van der Waals surface area contributed by atoms with Gasteiger partial charge in [-0.1, -0.05) is 19.1 Å². The van der Waals surface area contributed by atoms with Crippen molar-refractivity contribution in [3.63, 3.8) is 0 Å². The molecule has 0 atom stereocenters. The lowest BCUT2D eigenvalue weighted by Gasteiger charge is -2.06. The Bertz CT molecular complexity index is 388. The topological polar surface area (TPSA) is 101 Å². The Balaban J connectivity index is 0.000000487. The lowest BCUT2D eigenvalue weighted by molar-refractivity contribution is 0.0999. The summed E-state index contributed by atoms with van der Waals surface area (Å²) < 4.78 is 8.70. The summed E-state index contributed by atoms with van der Waals surface area (Å²) in [7, 11) is -2.87. The van der Waals surface area contributed by atoms with Crippen LogP contribution in [0.4, 0.5) is 0 Å². The van der Waals surface area contributed by atoms with Gasteiger partial charge in [-0.3, -0.25) is 4.79 Å². The van der Waals surface area contributed by atoms with Gasteiger partial charge in [0.05, 0.1) is 0 Å². The Morgan fingerprint density at radius 1 is 1.44 bits per heavy atom. The molecular weight excluding hydrogens is 229 g/mol. The molecule has 1 amide bonds. The molecule has 0 heterocycles. The van der Waals surface area contributed by atoms with Crippen molar-refractivity contribution in [1.82, 2.24) is 0 Å². The van der Waals surface area contributed by atoms with E-state index < -0.39 is 8.25 Å². The molecule has 0 spiro atoms. The number of primary amides is 1. The van der Waals surface area contributed by atoms with Crippen LogP contribution in [0.1, 0.15) is 28.4 Å². The summed E-state index contributed by atoms with van der Waals surface area (Å²) in [5.41, 5.74) is 8.06. The van der Waals surface area contributed by atoms with Crippen LogP contribution in [-0.2, 0) is 11.0 Å². The Labute approximate surface area is 94.9 Å². The van der Waals surface area contributed by atoms with E-state index in [4.69, 9.17) is 20.1 Å². The second kappa shape index (κ2) is 7.06. The minimum absolute atomic E-state index is 0.337. The molecule has 0 unspecified atom stereocenters. The van der Waals surface area contributed by atoms with Crippen LogP contribution >= 0.6 is 8.25 Å². The van der Waals surface area contributed by atoms with Crippen molar-refractivity contribution in [3.8, 4) is 0 Å². The van der Waals surface area contributed by atoms with Crippen molar-refractivity contribution >= 4 is 14.2 Å². The minimum Gasteiger partial charge on any atom is -0.366 e. The highest BCUT2D eigenvalue weighted by Crippen LogP contribution is 2.13. The molecule has 0 radical (unpaired) electrons. The smallest absolute Gasteiger partial charge is 0.366 e. The van der Waals surface area contributed by atoms with Crippen LogP contribution in [-0.4, -0.2) is 15.7 Å². The monoisotopic (exact) mass is 244 g/mol. The first-order chi connectivity index (χ1) is 7.40. The molecule has 0 saturated carbocycles. The number of hydrogen-bond acceptors (Lipinski definition) is 2. The van der Waals surface area contributed by atoms with Gasteiger partial charge >= 0.3 is 8.25 Å². The number of aryl methyl sites for hydroxylation is 1. The predicted molar refractivity (Wildman–Crippen MR) is 61.1 cm³/mol. The first kappa shape index (κ1) is 14.7. The van der Waals surface area contributed by atoms with Crippen LogP contribution in [0.3, 0.4) is 0 Å². The third kappa shape index (κ3) is 4.98. The molecule has 16 heavy (non-hydrogen) atoms. The summed E-state index contributed by atoms with van der Waals surface area (Å²) in [6, 6.07) is 5.62. The first-order valence-electron chi connectivity index (χ1n) is 4.63. The fraction of sp³-hybridized carbons (Fsp3) is 0.300. The van der Waals surface area contributed by atoms with Crippen LogP contribution in [0.2, 0.25) is 0 Å². The van der Waals surface area contributed by atoms with Gasteiger partial charge in [-0.25, -0.2) is 0 Å². The maximum Gasteiger partial charge on any atom is 0.692 e. The van der Waals surface area contributed by atoms with Gasteiger partial charge in [0.1, 0.15) is 0 Å². The zero-order valence-electron chi connectivity index (χ0n) is 9.17. The number of carbonyl (C=O) groups excluding carboxylic acids is 1. The van der Waals surface area contributed by atoms with Crippen molar-refractivity contribution < 1.29 is 19.1 Å². The van der Waals surface area contributed by atoms with Gasteiger partial charge in [0.2, 0.25) is 5.91 Å². The Kier molecular flexibility index (Phi) is 6.49. The van der Waals surface area contributed by atoms with Crippen molar-refractivity contribution in [2.24, 2.45) is 5.73 Å². The summed E-state index contributed by atoms with van der Waals surface area (Å²) >= 11 is 0. The van der Waals surface area contributed by atoms with Crippen molar-refractivity contribution in [2.75, 3.05) is 0 Å². The SMILES string of the molecule is CCc1c(C)cccc1C(N)=O.O=[P+](O)O. The van der Waals surface area contributed by atoms with Crippen LogP contribution < -0.4 is 5.73 Å². The molecule has 0 aromatic heterocycles. The molecule has 4 N–H and O–H groups in total. The van der Waals surface area contributed by atoms with Gasteiger partial charge < -0.3 is 5.73 Å². The molecule has 0 aliphatic carbocycles. The zero-order chi connectivity index (χ0) is 12.7. The standard InChI is InChI=1S/C10H13NO.HO3P/c1-3-8-7(2)5-4-6-9(8)10(11)12;1-4(2)3/h4-6H,3H2,1-2H3,(H2,11,12);(H-,1,2,3)/p+1. The fourth-order valence-electron chi connectivity index (χ4n) is 1.40. The Morgan fingerprint density at radius 3 is 2.25 bits per heavy atom. The van der Waals surface area contributed by atoms with Crippen molar-refractivity contribution in [2.45, 2.75) is 20.3 Å². The van der Waals surface area contributed by atoms with Crippen LogP contribution in [0.15, 0.2) is 18.2 Å².